The number of ether oxygens (including phenoxy) is 1. The number of aryl methyl sites for hydroxylation is 1. The smallest absolute Gasteiger partial charge is 0.122 e. The standard InChI is InChI=1S/C9H10BrClO/c1-12-9-3-2-8(11)6-7(9)4-5-10/h2-3,6H,4-5H2,1H3. The molecular formula is C9H10BrClO. The highest BCUT2D eigenvalue weighted by atomic mass is 79.9. The lowest BCUT2D eigenvalue weighted by molar-refractivity contribution is 0.410. The van der Waals surface area contributed by atoms with Gasteiger partial charge in [-0.05, 0) is 30.2 Å². The molecule has 0 saturated carbocycles. The highest BCUT2D eigenvalue weighted by molar-refractivity contribution is 9.09. The van der Waals surface area contributed by atoms with Gasteiger partial charge in [0.25, 0.3) is 0 Å². The zero-order valence-corrected chi connectivity index (χ0v) is 9.15. The van der Waals surface area contributed by atoms with E-state index in [9.17, 15) is 0 Å². The summed E-state index contributed by atoms with van der Waals surface area (Å²) in [6.07, 6.45) is 0.934. The molecule has 0 amide bonds. The topological polar surface area (TPSA) is 9.23 Å². The second-order valence-corrected chi connectivity index (χ2v) is 3.62. The monoisotopic (exact) mass is 248 g/mol. The summed E-state index contributed by atoms with van der Waals surface area (Å²) >= 11 is 9.21. The maximum atomic E-state index is 5.84. The van der Waals surface area contributed by atoms with E-state index in [4.69, 9.17) is 16.3 Å². The molecule has 66 valence electrons. The predicted molar refractivity (Wildman–Crippen MR) is 55.5 cm³/mol. The third-order valence-corrected chi connectivity index (χ3v) is 2.24. The Kier molecular flexibility index (Phi) is 3.89. The van der Waals surface area contributed by atoms with Gasteiger partial charge in [-0.25, -0.2) is 0 Å². The average Bonchev–Trinajstić information content (AvgIpc) is 2.05. The molecule has 3 heteroatoms. The molecule has 0 bridgehead atoms. The number of hydrogen-bond acceptors (Lipinski definition) is 1. The molecule has 1 aromatic carbocycles. The normalized spacial score (nSPS) is 9.92. The predicted octanol–water partition coefficient (Wildman–Crippen LogP) is 3.29. The van der Waals surface area contributed by atoms with Gasteiger partial charge < -0.3 is 4.74 Å². The van der Waals surface area contributed by atoms with Crippen molar-refractivity contribution >= 4 is 27.5 Å². The van der Waals surface area contributed by atoms with Crippen LogP contribution in [-0.2, 0) is 6.42 Å². The molecule has 0 fully saturated rings. The summed E-state index contributed by atoms with van der Waals surface area (Å²) in [7, 11) is 1.67. The number of benzene rings is 1. The minimum absolute atomic E-state index is 0.756. The van der Waals surface area contributed by atoms with E-state index < -0.39 is 0 Å². The van der Waals surface area contributed by atoms with Crippen molar-refractivity contribution in [3.05, 3.63) is 28.8 Å². The van der Waals surface area contributed by atoms with Crippen molar-refractivity contribution in [2.24, 2.45) is 0 Å². The number of alkyl halides is 1. The Bertz CT molecular complexity index is 263. The molecule has 0 spiro atoms. The third kappa shape index (κ3) is 2.39. The van der Waals surface area contributed by atoms with Gasteiger partial charge in [0.15, 0.2) is 0 Å². The summed E-state index contributed by atoms with van der Waals surface area (Å²) in [5.74, 6) is 0.902. The third-order valence-electron chi connectivity index (χ3n) is 1.61. The van der Waals surface area contributed by atoms with Gasteiger partial charge in [0, 0.05) is 10.4 Å². The molecule has 0 heterocycles. The molecule has 0 atom stereocenters. The lowest BCUT2D eigenvalue weighted by Gasteiger charge is -2.06. The van der Waals surface area contributed by atoms with E-state index in [0.717, 1.165) is 28.1 Å². The van der Waals surface area contributed by atoms with Crippen LogP contribution in [0.4, 0.5) is 0 Å². The SMILES string of the molecule is COc1ccc(Cl)cc1CCBr. The summed E-state index contributed by atoms with van der Waals surface area (Å²) < 4.78 is 5.17. The summed E-state index contributed by atoms with van der Waals surface area (Å²) in [4.78, 5) is 0. The molecule has 0 saturated heterocycles. The highest BCUT2D eigenvalue weighted by Gasteiger charge is 2.01. The second kappa shape index (κ2) is 4.73. The molecule has 1 nitrogen and oxygen atoms in total. The van der Waals surface area contributed by atoms with E-state index in [1.54, 1.807) is 7.11 Å². The van der Waals surface area contributed by atoms with Crippen molar-refractivity contribution in [2.75, 3.05) is 12.4 Å². The Morgan fingerprint density at radius 2 is 2.25 bits per heavy atom. The van der Waals surface area contributed by atoms with E-state index in [1.807, 2.05) is 18.2 Å². The molecule has 1 aromatic rings. The van der Waals surface area contributed by atoms with E-state index in [-0.39, 0.29) is 0 Å². The fourth-order valence-corrected chi connectivity index (χ4v) is 1.67. The first-order valence-corrected chi connectivity index (χ1v) is 5.16. The van der Waals surface area contributed by atoms with Gasteiger partial charge in [-0.3, -0.25) is 0 Å². The van der Waals surface area contributed by atoms with E-state index in [0.29, 0.717) is 0 Å². The van der Waals surface area contributed by atoms with Gasteiger partial charge >= 0.3 is 0 Å². The summed E-state index contributed by atoms with van der Waals surface area (Å²) in [6.45, 7) is 0. The summed E-state index contributed by atoms with van der Waals surface area (Å²) in [5, 5.41) is 1.68. The molecule has 12 heavy (non-hydrogen) atoms. The number of rotatable bonds is 3. The van der Waals surface area contributed by atoms with Crippen molar-refractivity contribution in [2.45, 2.75) is 6.42 Å². The van der Waals surface area contributed by atoms with Crippen molar-refractivity contribution in [1.82, 2.24) is 0 Å². The molecular weight excluding hydrogens is 239 g/mol. The number of halogens is 2. The molecule has 0 N–H and O–H groups in total. The Morgan fingerprint density at radius 1 is 1.50 bits per heavy atom. The fraction of sp³-hybridized carbons (Fsp3) is 0.333. The maximum Gasteiger partial charge on any atom is 0.122 e. The van der Waals surface area contributed by atoms with Gasteiger partial charge in [0.1, 0.15) is 5.75 Å². The molecule has 0 aliphatic carbocycles. The van der Waals surface area contributed by atoms with Crippen molar-refractivity contribution in [3.63, 3.8) is 0 Å². The molecule has 1 rings (SSSR count). The number of hydrogen-bond donors (Lipinski definition) is 0. The zero-order chi connectivity index (χ0) is 8.97. The van der Waals surface area contributed by atoms with E-state index in [1.165, 1.54) is 0 Å². The van der Waals surface area contributed by atoms with Crippen molar-refractivity contribution in [1.29, 1.82) is 0 Å². The second-order valence-electron chi connectivity index (χ2n) is 2.40. The van der Waals surface area contributed by atoms with E-state index in [2.05, 4.69) is 15.9 Å². The van der Waals surface area contributed by atoms with Crippen molar-refractivity contribution < 1.29 is 4.74 Å². The molecule has 0 aromatic heterocycles. The largest absolute Gasteiger partial charge is 0.496 e. The van der Waals surface area contributed by atoms with Crippen molar-refractivity contribution in [3.8, 4) is 5.75 Å². The van der Waals surface area contributed by atoms with Crippen LogP contribution in [0.5, 0.6) is 5.75 Å². The van der Waals surface area contributed by atoms with Crippen LogP contribution in [0, 0.1) is 0 Å². The molecule has 0 aliphatic heterocycles. The highest BCUT2D eigenvalue weighted by Crippen LogP contribution is 2.23. The van der Waals surface area contributed by atoms with Gasteiger partial charge in [-0.2, -0.15) is 0 Å². The molecule has 0 aliphatic rings. The minimum atomic E-state index is 0.756. The quantitative estimate of drug-likeness (QED) is 0.747. The summed E-state index contributed by atoms with van der Waals surface area (Å²) in [6, 6.07) is 5.65. The van der Waals surface area contributed by atoms with Crippen LogP contribution in [0.25, 0.3) is 0 Å². The van der Waals surface area contributed by atoms with Gasteiger partial charge in [-0.15, -0.1) is 0 Å². The first-order chi connectivity index (χ1) is 5.77. The Hall–Kier alpha value is -0.210. The minimum Gasteiger partial charge on any atom is -0.496 e. The first-order valence-electron chi connectivity index (χ1n) is 3.66. The van der Waals surface area contributed by atoms with Crippen LogP contribution in [0.1, 0.15) is 5.56 Å². The lowest BCUT2D eigenvalue weighted by Crippen LogP contribution is -1.92. The van der Waals surface area contributed by atoms with Crippen LogP contribution in [0.2, 0.25) is 5.02 Å². The van der Waals surface area contributed by atoms with Gasteiger partial charge in [-0.1, -0.05) is 27.5 Å². The summed E-state index contributed by atoms with van der Waals surface area (Å²) in [5.41, 5.74) is 1.14. The lowest BCUT2D eigenvalue weighted by atomic mass is 10.1. The van der Waals surface area contributed by atoms with Gasteiger partial charge in [0.2, 0.25) is 0 Å². The Morgan fingerprint density at radius 3 is 2.83 bits per heavy atom. The first kappa shape index (κ1) is 9.87. The van der Waals surface area contributed by atoms with Gasteiger partial charge in [0.05, 0.1) is 7.11 Å². The Labute approximate surface area is 85.8 Å². The van der Waals surface area contributed by atoms with Crippen LogP contribution in [0.3, 0.4) is 0 Å². The fourth-order valence-electron chi connectivity index (χ4n) is 1.04. The average molecular weight is 250 g/mol. The van der Waals surface area contributed by atoms with Crippen LogP contribution in [0.15, 0.2) is 18.2 Å². The van der Waals surface area contributed by atoms with E-state index >= 15 is 0 Å². The molecule has 0 radical (unpaired) electrons. The van der Waals surface area contributed by atoms with Crippen LogP contribution in [-0.4, -0.2) is 12.4 Å². The molecule has 0 unspecified atom stereocenters. The zero-order valence-electron chi connectivity index (χ0n) is 6.81. The van der Waals surface area contributed by atoms with Crippen LogP contribution >= 0.6 is 27.5 Å². The Balaban J connectivity index is 2.95. The van der Waals surface area contributed by atoms with Crippen LogP contribution < -0.4 is 4.74 Å². The maximum absolute atomic E-state index is 5.84. The number of methoxy groups -OCH3 is 1.